The summed E-state index contributed by atoms with van der Waals surface area (Å²) in [6, 6.07) is 0. The summed E-state index contributed by atoms with van der Waals surface area (Å²) in [6.45, 7) is 17.8. The molecule has 0 spiro atoms. The van der Waals surface area contributed by atoms with E-state index in [9.17, 15) is 0 Å². The molecular weight excluding hydrogens is 256 g/mol. The predicted molar refractivity (Wildman–Crippen MR) is 91.6 cm³/mol. The zero-order valence-corrected chi connectivity index (χ0v) is 13.4. The number of rotatable bonds is 8. The lowest BCUT2D eigenvalue weighted by Crippen LogP contribution is -2.37. The normalized spacial score (nSPS) is 20.1. The minimum absolute atomic E-state index is 0.660. The van der Waals surface area contributed by atoms with Gasteiger partial charge in [-0.2, -0.15) is 0 Å². The lowest BCUT2D eigenvalue weighted by molar-refractivity contribution is 0.258. The van der Waals surface area contributed by atoms with Gasteiger partial charge in [-0.1, -0.05) is 37.0 Å². The van der Waals surface area contributed by atoms with Gasteiger partial charge in [-0.15, -0.1) is 6.58 Å². The standard InChI is InChI=1S/C19H28N2/c1-6-13-20(5)16(4)21(15(3)7-2)14-18-10-8-9-17-11-12-19(17)18/h6-7,18H,1-4,8-14H2,5H3. The van der Waals surface area contributed by atoms with Crippen LogP contribution in [0.15, 0.2) is 61.1 Å². The van der Waals surface area contributed by atoms with Crippen LogP contribution in [-0.4, -0.2) is 29.9 Å². The molecule has 0 aromatic heterocycles. The van der Waals surface area contributed by atoms with Gasteiger partial charge in [-0.25, -0.2) is 0 Å². The monoisotopic (exact) mass is 284 g/mol. The third-order valence-electron chi connectivity index (χ3n) is 4.81. The third kappa shape index (κ3) is 3.31. The largest absolute Gasteiger partial charge is 0.358 e. The van der Waals surface area contributed by atoms with Gasteiger partial charge in [0.25, 0.3) is 0 Å². The van der Waals surface area contributed by atoms with E-state index in [2.05, 4.69) is 36.1 Å². The van der Waals surface area contributed by atoms with Crippen molar-refractivity contribution >= 4 is 0 Å². The molecule has 2 aliphatic rings. The molecule has 0 fully saturated rings. The molecule has 0 aromatic carbocycles. The first-order chi connectivity index (χ1) is 10.1. The van der Waals surface area contributed by atoms with E-state index in [1.54, 1.807) is 11.1 Å². The van der Waals surface area contributed by atoms with Gasteiger partial charge in [0.2, 0.25) is 0 Å². The smallest absolute Gasteiger partial charge is 0.101 e. The Morgan fingerprint density at radius 3 is 2.57 bits per heavy atom. The molecule has 2 nitrogen and oxygen atoms in total. The zero-order valence-electron chi connectivity index (χ0n) is 13.4. The van der Waals surface area contributed by atoms with Crippen molar-refractivity contribution in [1.29, 1.82) is 0 Å². The second-order valence-electron chi connectivity index (χ2n) is 6.11. The fourth-order valence-electron chi connectivity index (χ4n) is 3.39. The van der Waals surface area contributed by atoms with E-state index < -0.39 is 0 Å². The first-order valence-electron chi connectivity index (χ1n) is 7.89. The summed E-state index contributed by atoms with van der Waals surface area (Å²) in [5, 5.41) is 0. The Morgan fingerprint density at radius 1 is 1.24 bits per heavy atom. The van der Waals surface area contributed by atoms with Crippen molar-refractivity contribution in [1.82, 2.24) is 9.80 Å². The molecular formula is C19H28N2. The van der Waals surface area contributed by atoms with Crippen molar-refractivity contribution in [3.05, 3.63) is 61.1 Å². The average molecular weight is 284 g/mol. The second kappa shape index (κ2) is 6.84. The lowest BCUT2D eigenvalue weighted by Gasteiger charge is -2.40. The molecule has 0 aromatic rings. The molecule has 0 aliphatic heterocycles. The molecule has 0 heterocycles. The Hall–Kier alpha value is -1.70. The van der Waals surface area contributed by atoms with Gasteiger partial charge in [0.05, 0.1) is 0 Å². The third-order valence-corrected chi connectivity index (χ3v) is 4.81. The summed E-state index contributed by atoms with van der Waals surface area (Å²) in [5.41, 5.74) is 4.37. The van der Waals surface area contributed by atoms with E-state index in [-0.39, 0.29) is 0 Å². The molecule has 0 saturated carbocycles. The molecule has 1 unspecified atom stereocenters. The minimum atomic E-state index is 0.660. The van der Waals surface area contributed by atoms with Gasteiger partial charge in [0, 0.05) is 25.8 Å². The molecule has 0 saturated heterocycles. The van der Waals surface area contributed by atoms with E-state index in [0.717, 1.165) is 24.6 Å². The molecule has 2 aliphatic carbocycles. The van der Waals surface area contributed by atoms with Gasteiger partial charge in [0.1, 0.15) is 5.82 Å². The zero-order chi connectivity index (χ0) is 15.4. The Kier molecular flexibility index (Phi) is 5.11. The fourth-order valence-corrected chi connectivity index (χ4v) is 3.39. The van der Waals surface area contributed by atoms with Crippen LogP contribution in [0.25, 0.3) is 0 Å². The fraction of sp³-hybridized carbons (Fsp3) is 0.474. The minimum Gasteiger partial charge on any atom is -0.358 e. The SMILES string of the molecule is C=CCN(C)C(=C)N(CC1CCCC2=C1CC2)C(=C)C=C. The van der Waals surface area contributed by atoms with Crippen LogP contribution in [0.3, 0.4) is 0 Å². The van der Waals surface area contributed by atoms with Crippen LogP contribution < -0.4 is 0 Å². The number of likely N-dealkylation sites (N-methyl/N-ethyl adjacent to an activating group) is 1. The summed E-state index contributed by atoms with van der Waals surface area (Å²) in [4.78, 5) is 4.33. The Morgan fingerprint density at radius 2 is 2.00 bits per heavy atom. The average Bonchev–Trinajstić information content (AvgIpc) is 2.45. The number of allylic oxidation sites excluding steroid dienone is 2. The molecule has 21 heavy (non-hydrogen) atoms. The van der Waals surface area contributed by atoms with Gasteiger partial charge in [-0.3, -0.25) is 0 Å². The maximum Gasteiger partial charge on any atom is 0.101 e. The highest BCUT2D eigenvalue weighted by Crippen LogP contribution is 2.43. The van der Waals surface area contributed by atoms with E-state index in [1.165, 1.54) is 32.1 Å². The van der Waals surface area contributed by atoms with E-state index in [4.69, 9.17) is 0 Å². The second-order valence-corrected chi connectivity index (χ2v) is 6.11. The lowest BCUT2D eigenvalue weighted by atomic mass is 9.72. The van der Waals surface area contributed by atoms with Gasteiger partial charge < -0.3 is 9.80 Å². The molecule has 0 radical (unpaired) electrons. The summed E-state index contributed by atoms with van der Waals surface area (Å²) in [5.74, 6) is 1.64. The van der Waals surface area contributed by atoms with Gasteiger partial charge in [0.15, 0.2) is 0 Å². The van der Waals surface area contributed by atoms with Crippen LogP contribution >= 0.6 is 0 Å². The molecule has 1 atom stereocenters. The molecule has 0 N–H and O–H groups in total. The van der Waals surface area contributed by atoms with Crippen LogP contribution in [0.1, 0.15) is 32.1 Å². The van der Waals surface area contributed by atoms with E-state index in [1.807, 2.05) is 19.2 Å². The van der Waals surface area contributed by atoms with Crippen molar-refractivity contribution in [3.63, 3.8) is 0 Å². The van der Waals surface area contributed by atoms with Crippen molar-refractivity contribution < 1.29 is 0 Å². The maximum absolute atomic E-state index is 4.25. The topological polar surface area (TPSA) is 6.48 Å². The highest BCUT2D eigenvalue weighted by atomic mass is 15.3. The molecule has 2 rings (SSSR count). The number of hydrogen-bond donors (Lipinski definition) is 0. The molecule has 2 heteroatoms. The highest BCUT2D eigenvalue weighted by Gasteiger charge is 2.30. The summed E-state index contributed by atoms with van der Waals surface area (Å²) >= 11 is 0. The van der Waals surface area contributed by atoms with Crippen LogP contribution in [0.4, 0.5) is 0 Å². The maximum atomic E-state index is 4.25. The number of nitrogens with zero attached hydrogens (tertiary/aromatic N) is 2. The van der Waals surface area contributed by atoms with E-state index >= 15 is 0 Å². The summed E-state index contributed by atoms with van der Waals surface area (Å²) < 4.78 is 0. The van der Waals surface area contributed by atoms with Crippen LogP contribution in [0.2, 0.25) is 0 Å². The first kappa shape index (κ1) is 15.7. The van der Waals surface area contributed by atoms with Crippen molar-refractivity contribution in [2.24, 2.45) is 5.92 Å². The van der Waals surface area contributed by atoms with Gasteiger partial charge in [-0.05, 0) is 44.1 Å². The Bertz CT molecular complexity index is 484. The first-order valence-corrected chi connectivity index (χ1v) is 7.89. The summed E-state index contributed by atoms with van der Waals surface area (Å²) in [7, 11) is 2.04. The van der Waals surface area contributed by atoms with Crippen LogP contribution in [0.5, 0.6) is 0 Å². The van der Waals surface area contributed by atoms with Gasteiger partial charge >= 0.3 is 0 Å². The van der Waals surface area contributed by atoms with Crippen molar-refractivity contribution in [3.8, 4) is 0 Å². The number of hydrogen-bond acceptors (Lipinski definition) is 2. The van der Waals surface area contributed by atoms with Crippen molar-refractivity contribution in [2.45, 2.75) is 32.1 Å². The van der Waals surface area contributed by atoms with Crippen LogP contribution in [-0.2, 0) is 0 Å². The summed E-state index contributed by atoms with van der Waals surface area (Å²) in [6.07, 6.45) is 10.3. The van der Waals surface area contributed by atoms with Crippen molar-refractivity contribution in [2.75, 3.05) is 20.1 Å². The Labute approximate surface area is 129 Å². The molecule has 114 valence electrons. The highest BCUT2D eigenvalue weighted by molar-refractivity contribution is 5.30. The van der Waals surface area contributed by atoms with Crippen LogP contribution in [0, 0.1) is 5.92 Å². The Balaban J connectivity index is 2.11. The molecule has 0 amide bonds. The predicted octanol–water partition coefficient (Wildman–Crippen LogP) is 4.47. The molecule has 0 bridgehead atoms. The quantitative estimate of drug-likeness (QED) is 0.479. The van der Waals surface area contributed by atoms with E-state index in [0.29, 0.717) is 5.92 Å².